The number of aromatic nitrogens is 1. The fourth-order valence-electron chi connectivity index (χ4n) is 5.35. The first kappa shape index (κ1) is 20.9. The Hall–Kier alpha value is -2.94. The van der Waals surface area contributed by atoms with Crippen molar-refractivity contribution in [3.05, 3.63) is 88.0 Å². The van der Waals surface area contributed by atoms with Crippen molar-refractivity contribution in [2.75, 3.05) is 7.11 Å². The minimum absolute atomic E-state index is 0.0703. The molecule has 2 aromatic carbocycles. The lowest BCUT2D eigenvalue weighted by molar-refractivity contribution is -0.159. The molecule has 5 atom stereocenters. The number of aliphatic carboxylic acids is 1. The second-order valence-electron chi connectivity index (χ2n) is 8.00. The number of carboxylic acid groups (broad SMARTS) is 1. The summed E-state index contributed by atoms with van der Waals surface area (Å²) in [5, 5.41) is 34.0. The summed E-state index contributed by atoms with van der Waals surface area (Å²) in [6.07, 6.45) is -0.219. The van der Waals surface area contributed by atoms with Crippen LogP contribution in [0, 0.1) is 5.92 Å². The predicted octanol–water partition coefficient (Wildman–Crippen LogP) is 3.19. The molecular weight excluding hydrogens is 478 g/mol. The van der Waals surface area contributed by atoms with Crippen LogP contribution in [0.4, 0.5) is 0 Å². The number of benzene rings is 2. The molecule has 1 aliphatic carbocycles. The Kier molecular flexibility index (Phi) is 4.77. The van der Waals surface area contributed by atoms with Crippen molar-refractivity contribution in [2.45, 2.75) is 23.2 Å². The number of rotatable bonds is 4. The smallest absolute Gasteiger partial charge is 0.310 e. The third kappa shape index (κ3) is 2.54. The molecule has 0 saturated heterocycles. The molecular formula is C24H20BrNO6. The third-order valence-electron chi connectivity index (χ3n) is 6.57. The Labute approximate surface area is 192 Å². The molecule has 1 aliphatic heterocycles. The minimum Gasteiger partial charge on any atom is -0.481 e. The highest BCUT2D eigenvalue weighted by molar-refractivity contribution is 9.10. The highest BCUT2D eigenvalue weighted by Crippen LogP contribution is 2.69. The highest BCUT2D eigenvalue weighted by atomic mass is 79.9. The van der Waals surface area contributed by atoms with Crippen molar-refractivity contribution in [1.29, 1.82) is 0 Å². The molecule has 32 heavy (non-hydrogen) atoms. The number of hydrogen-bond acceptors (Lipinski definition) is 6. The number of halogens is 1. The number of methoxy groups -OCH3 is 1. The molecule has 3 N–H and O–H groups in total. The second-order valence-corrected chi connectivity index (χ2v) is 8.92. The van der Waals surface area contributed by atoms with Gasteiger partial charge in [-0.1, -0.05) is 58.4 Å². The second kappa shape index (κ2) is 7.30. The largest absolute Gasteiger partial charge is 0.481 e. The summed E-state index contributed by atoms with van der Waals surface area (Å²) < 4.78 is 12.7. The van der Waals surface area contributed by atoms with Crippen LogP contribution in [0.25, 0.3) is 0 Å². The van der Waals surface area contributed by atoms with E-state index in [1.165, 1.54) is 13.3 Å². The van der Waals surface area contributed by atoms with Crippen molar-refractivity contribution < 1.29 is 29.6 Å². The van der Waals surface area contributed by atoms with Gasteiger partial charge in [-0.15, -0.1) is 0 Å². The van der Waals surface area contributed by atoms with Crippen LogP contribution < -0.4 is 9.47 Å². The average molecular weight is 498 g/mol. The van der Waals surface area contributed by atoms with E-state index in [0.717, 1.165) is 4.47 Å². The maximum absolute atomic E-state index is 12.5. The lowest BCUT2D eigenvalue weighted by Gasteiger charge is -2.40. The number of aliphatic hydroxyl groups excluding tert-OH is 1. The third-order valence-corrected chi connectivity index (χ3v) is 7.10. The van der Waals surface area contributed by atoms with E-state index in [1.807, 2.05) is 6.07 Å². The maximum atomic E-state index is 12.5. The van der Waals surface area contributed by atoms with E-state index in [0.29, 0.717) is 11.1 Å². The number of carbonyl (C=O) groups is 1. The van der Waals surface area contributed by atoms with Gasteiger partial charge in [-0.05, 0) is 29.3 Å². The number of ether oxygens (including phenoxy) is 2. The topological polar surface area (TPSA) is 109 Å². The van der Waals surface area contributed by atoms with Gasteiger partial charge in [-0.3, -0.25) is 4.79 Å². The van der Waals surface area contributed by atoms with Gasteiger partial charge in [0, 0.05) is 16.6 Å². The van der Waals surface area contributed by atoms with Gasteiger partial charge in [-0.25, -0.2) is 4.98 Å². The Morgan fingerprint density at radius 2 is 1.81 bits per heavy atom. The summed E-state index contributed by atoms with van der Waals surface area (Å²) >= 11 is 3.42. The SMILES string of the molecule is COc1nccc2c1C1(O)[C@H](O)[C@H](C(=O)O)[C@@H](c3ccccc3)[C@]1(c1ccc(Br)cc1)O2. The van der Waals surface area contributed by atoms with Crippen molar-refractivity contribution in [3.63, 3.8) is 0 Å². The normalized spacial score (nSPS) is 30.3. The average Bonchev–Trinajstić information content (AvgIpc) is 3.18. The van der Waals surface area contributed by atoms with Crippen LogP contribution in [0.1, 0.15) is 22.6 Å². The molecule has 1 fully saturated rings. The summed E-state index contributed by atoms with van der Waals surface area (Å²) in [6, 6.07) is 17.6. The maximum Gasteiger partial charge on any atom is 0.310 e. The summed E-state index contributed by atoms with van der Waals surface area (Å²) in [4.78, 5) is 16.7. The van der Waals surface area contributed by atoms with Gasteiger partial charge in [0.05, 0.1) is 18.6 Å². The van der Waals surface area contributed by atoms with Crippen LogP contribution in [0.3, 0.4) is 0 Å². The molecule has 7 nitrogen and oxygen atoms in total. The first-order valence-electron chi connectivity index (χ1n) is 10.0. The quantitative estimate of drug-likeness (QED) is 0.507. The van der Waals surface area contributed by atoms with E-state index in [9.17, 15) is 20.1 Å². The van der Waals surface area contributed by atoms with Gasteiger partial charge in [-0.2, -0.15) is 0 Å². The van der Waals surface area contributed by atoms with Crippen LogP contribution in [-0.2, 0) is 16.0 Å². The highest BCUT2D eigenvalue weighted by Gasteiger charge is 2.78. The van der Waals surface area contributed by atoms with Gasteiger partial charge in [0.2, 0.25) is 5.88 Å². The Balaban J connectivity index is 1.89. The number of nitrogens with zero attached hydrogens (tertiary/aromatic N) is 1. The van der Waals surface area contributed by atoms with E-state index >= 15 is 0 Å². The zero-order chi connectivity index (χ0) is 22.7. The monoisotopic (exact) mass is 497 g/mol. The Morgan fingerprint density at radius 3 is 2.44 bits per heavy atom. The zero-order valence-corrected chi connectivity index (χ0v) is 18.6. The van der Waals surface area contributed by atoms with E-state index in [4.69, 9.17) is 9.47 Å². The fourth-order valence-corrected chi connectivity index (χ4v) is 5.62. The lowest BCUT2D eigenvalue weighted by atomic mass is 9.71. The van der Waals surface area contributed by atoms with E-state index in [2.05, 4.69) is 20.9 Å². The summed E-state index contributed by atoms with van der Waals surface area (Å²) in [7, 11) is 1.40. The molecule has 2 heterocycles. The lowest BCUT2D eigenvalue weighted by Crippen LogP contribution is -2.52. The van der Waals surface area contributed by atoms with Crippen LogP contribution in [0.5, 0.6) is 11.6 Å². The van der Waals surface area contributed by atoms with Crippen molar-refractivity contribution in [2.24, 2.45) is 5.92 Å². The standard InChI is InChI=1S/C24H20BrNO6/c1-31-21-19-16(11-12-26-21)32-24(14-7-9-15(25)10-8-14)18(13-5-3-2-4-6-13)17(22(28)29)20(27)23(19,24)30/h2-12,17-18,20,27,30H,1H3,(H,28,29)/t17-,18-,20-,23?,24+/m1/s1. The molecule has 0 spiro atoms. The van der Waals surface area contributed by atoms with Crippen LogP contribution >= 0.6 is 15.9 Å². The molecule has 5 rings (SSSR count). The Bertz CT molecular complexity index is 1190. The number of carboxylic acids is 1. The summed E-state index contributed by atoms with van der Waals surface area (Å²) in [5.41, 5.74) is -2.49. The minimum atomic E-state index is -2.14. The van der Waals surface area contributed by atoms with E-state index in [-0.39, 0.29) is 17.2 Å². The van der Waals surface area contributed by atoms with Crippen LogP contribution in [-0.4, -0.2) is 39.5 Å². The summed E-state index contributed by atoms with van der Waals surface area (Å²) in [6.45, 7) is 0. The van der Waals surface area contributed by atoms with Gasteiger partial charge in [0.1, 0.15) is 11.9 Å². The Morgan fingerprint density at radius 1 is 1.12 bits per heavy atom. The fraction of sp³-hybridized carbons (Fsp3) is 0.250. The molecule has 1 unspecified atom stereocenters. The molecule has 1 saturated carbocycles. The molecule has 2 aliphatic rings. The number of fused-ring (bicyclic) bond motifs is 3. The molecule has 0 amide bonds. The van der Waals surface area contributed by atoms with E-state index in [1.54, 1.807) is 54.6 Å². The number of pyridine rings is 1. The van der Waals surface area contributed by atoms with Crippen molar-refractivity contribution >= 4 is 21.9 Å². The number of hydrogen-bond donors (Lipinski definition) is 3. The van der Waals surface area contributed by atoms with Gasteiger partial charge in [0.15, 0.2) is 11.2 Å². The summed E-state index contributed by atoms with van der Waals surface area (Å²) in [5.74, 6) is -3.16. The molecule has 3 aromatic rings. The number of aliphatic hydroxyl groups is 2. The van der Waals surface area contributed by atoms with E-state index < -0.39 is 35.1 Å². The molecule has 0 radical (unpaired) electrons. The van der Waals surface area contributed by atoms with Gasteiger partial charge >= 0.3 is 5.97 Å². The molecule has 8 heteroatoms. The van der Waals surface area contributed by atoms with Crippen molar-refractivity contribution in [3.8, 4) is 11.6 Å². The van der Waals surface area contributed by atoms with Gasteiger partial charge in [0.25, 0.3) is 0 Å². The predicted molar refractivity (Wildman–Crippen MR) is 117 cm³/mol. The van der Waals surface area contributed by atoms with Gasteiger partial charge < -0.3 is 24.8 Å². The van der Waals surface area contributed by atoms with Crippen molar-refractivity contribution in [1.82, 2.24) is 4.98 Å². The van der Waals surface area contributed by atoms with Crippen LogP contribution in [0.15, 0.2) is 71.3 Å². The zero-order valence-electron chi connectivity index (χ0n) is 17.0. The molecule has 0 bridgehead atoms. The first-order valence-corrected chi connectivity index (χ1v) is 10.8. The molecule has 1 aromatic heterocycles. The van der Waals surface area contributed by atoms with Crippen LogP contribution in [0.2, 0.25) is 0 Å². The first-order chi connectivity index (χ1) is 15.4. The molecule has 164 valence electrons.